The number of fused-ring (bicyclic) bond motifs is 1. The van der Waals surface area contributed by atoms with E-state index in [4.69, 9.17) is 0 Å². The molecule has 5 heterocycles. The molecule has 10 heteroatoms. The standard InChI is InChI=1S/C20H23FN8O/c1-26-11-15(7-24-26)28-13-17-16(20(28)30)12-29(25-17)19-9-22-18(8-23-19)27-6-4-2-3-5-14(21)10-27/h7-9,11-12,14H,2-6,10,13H2,1H3. The van der Waals surface area contributed by atoms with Crippen LogP contribution in [0.4, 0.5) is 15.9 Å². The highest BCUT2D eigenvalue weighted by molar-refractivity contribution is 6.09. The number of amides is 1. The van der Waals surface area contributed by atoms with Crippen molar-refractivity contribution in [3.05, 3.63) is 42.2 Å². The van der Waals surface area contributed by atoms with Crippen molar-refractivity contribution in [3.63, 3.8) is 0 Å². The number of nitrogens with zero attached hydrogens (tertiary/aromatic N) is 8. The molecule has 2 aliphatic rings. The van der Waals surface area contributed by atoms with Crippen LogP contribution in [0, 0.1) is 0 Å². The van der Waals surface area contributed by atoms with Crippen molar-refractivity contribution in [2.45, 2.75) is 38.4 Å². The molecule has 1 atom stereocenters. The van der Waals surface area contributed by atoms with Crippen molar-refractivity contribution in [2.75, 3.05) is 22.9 Å². The molecule has 0 bridgehead atoms. The SMILES string of the molecule is Cn1cc(N2Cc3nn(-c4cnc(N5CCCCCC(F)C5)cn4)cc3C2=O)cn1. The number of aromatic nitrogens is 6. The minimum atomic E-state index is -0.838. The van der Waals surface area contributed by atoms with Gasteiger partial charge < -0.3 is 4.90 Å². The van der Waals surface area contributed by atoms with Gasteiger partial charge in [-0.05, 0) is 12.8 Å². The van der Waals surface area contributed by atoms with Crippen molar-refractivity contribution in [1.82, 2.24) is 29.5 Å². The summed E-state index contributed by atoms with van der Waals surface area (Å²) in [6, 6.07) is 0. The molecule has 0 aromatic carbocycles. The van der Waals surface area contributed by atoms with Crippen molar-refractivity contribution < 1.29 is 9.18 Å². The van der Waals surface area contributed by atoms with Gasteiger partial charge >= 0.3 is 0 Å². The van der Waals surface area contributed by atoms with Crippen LogP contribution in [0.15, 0.2) is 31.0 Å². The van der Waals surface area contributed by atoms with E-state index in [1.54, 1.807) is 45.2 Å². The Kier molecular flexibility index (Phi) is 4.68. The fraction of sp³-hybridized carbons (Fsp3) is 0.450. The third kappa shape index (κ3) is 3.42. The zero-order chi connectivity index (χ0) is 20.7. The number of carbonyl (C=O) groups is 1. The average molecular weight is 410 g/mol. The zero-order valence-electron chi connectivity index (χ0n) is 16.8. The molecule has 1 amide bonds. The first kappa shape index (κ1) is 18.7. The molecule has 0 N–H and O–H groups in total. The highest BCUT2D eigenvalue weighted by Crippen LogP contribution is 2.27. The average Bonchev–Trinajstić information content (AvgIpc) is 3.41. The fourth-order valence-corrected chi connectivity index (χ4v) is 4.02. The summed E-state index contributed by atoms with van der Waals surface area (Å²) in [5, 5.41) is 8.65. The van der Waals surface area contributed by atoms with Gasteiger partial charge in [0.1, 0.15) is 12.0 Å². The minimum absolute atomic E-state index is 0.108. The maximum absolute atomic E-state index is 14.0. The summed E-state index contributed by atoms with van der Waals surface area (Å²) in [4.78, 5) is 25.3. The molecule has 30 heavy (non-hydrogen) atoms. The van der Waals surface area contributed by atoms with Crippen LogP contribution in [0.1, 0.15) is 41.7 Å². The van der Waals surface area contributed by atoms with Crippen molar-refractivity contribution in [3.8, 4) is 5.82 Å². The summed E-state index contributed by atoms with van der Waals surface area (Å²) in [7, 11) is 1.81. The number of hydrogen-bond donors (Lipinski definition) is 0. The van der Waals surface area contributed by atoms with Gasteiger partial charge in [-0.25, -0.2) is 19.0 Å². The number of aryl methyl sites for hydroxylation is 1. The molecular weight excluding hydrogens is 387 g/mol. The molecule has 3 aromatic heterocycles. The van der Waals surface area contributed by atoms with Crippen LogP contribution in [0.25, 0.3) is 5.82 Å². The third-order valence-electron chi connectivity index (χ3n) is 5.62. The number of halogens is 1. The van der Waals surface area contributed by atoms with Gasteiger partial charge in [-0.2, -0.15) is 10.2 Å². The zero-order valence-corrected chi connectivity index (χ0v) is 16.8. The van der Waals surface area contributed by atoms with Crippen LogP contribution in [0.3, 0.4) is 0 Å². The Morgan fingerprint density at radius 1 is 1.07 bits per heavy atom. The lowest BCUT2D eigenvalue weighted by Crippen LogP contribution is -2.33. The predicted molar refractivity (Wildman–Crippen MR) is 108 cm³/mol. The van der Waals surface area contributed by atoms with E-state index in [9.17, 15) is 9.18 Å². The fourth-order valence-electron chi connectivity index (χ4n) is 4.02. The van der Waals surface area contributed by atoms with E-state index >= 15 is 0 Å². The largest absolute Gasteiger partial charge is 0.352 e. The Hall–Kier alpha value is -3.30. The highest BCUT2D eigenvalue weighted by Gasteiger charge is 2.32. The molecule has 0 radical (unpaired) electrons. The van der Waals surface area contributed by atoms with E-state index in [1.807, 2.05) is 11.9 Å². The molecule has 3 aromatic rings. The summed E-state index contributed by atoms with van der Waals surface area (Å²) in [6.45, 7) is 1.52. The Morgan fingerprint density at radius 3 is 2.63 bits per heavy atom. The van der Waals surface area contributed by atoms with E-state index in [0.29, 0.717) is 42.4 Å². The topological polar surface area (TPSA) is 85.0 Å². The normalized spacial score (nSPS) is 19.7. The summed E-state index contributed by atoms with van der Waals surface area (Å²) in [6.07, 6.45) is 11.2. The van der Waals surface area contributed by atoms with Crippen LogP contribution in [0.5, 0.6) is 0 Å². The maximum Gasteiger partial charge on any atom is 0.262 e. The van der Waals surface area contributed by atoms with Crippen molar-refractivity contribution in [2.24, 2.45) is 7.05 Å². The number of anilines is 2. The second-order valence-electron chi connectivity index (χ2n) is 7.82. The molecule has 5 rings (SSSR count). The van der Waals surface area contributed by atoms with Crippen LogP contribution < -0.4 is 9.80 Å². The first-order valence-corrected chi connectivity index (χ1v) is 10.2. The summed E-state index contributed by atoms with van der Waals surface area (Å²) in [5.41, 5.74) is 1.99. The second-order valence-corrected chi connectivity index (χ2v) is 7.82. The van der Waals surface area contributed by atoms with Gasteiger partial charge in [0.05, 0.1) is 48.6 Å². The smallest absolute Gasteiger partial charge is 0.262 e. The van der Waals surface area contributed by atoms with Crippen LogP contribution in [-0.2, 0) is 13.6 Å². The number of rotatable bonds is 3. The Labute approximate surface area is 173 Å². The summed E-state index contributed by atoms with van der Waals surface area (Å²) < 4.78 is 17.3. The molecule has 156 valence electrons. The lowest BCUT2D eigenvalue weighted by Gasteiger charge is -2.27. The first-order valence-electron chi connectivity index (χ1n) is 10.2. The predicted octanol–water partition coefficient (Wildman–Crippen LogP) is 2.27. The Balaban J connectivity index is 1.33. The van der Waals surface area contributed by atoms with Gasteiger partial charge in [-0.3, -0.25) is 14.4 Å². The van der Waals surface area contributed by atoms with Crippen molar-refractivity contribution in [1.29, 1.82) is 0 Å². The first-order chi connectivity index (χ1) is 14.6. The monoisotopic (exact) mass is 410 g/mol. The lowest BCUT2D eigenvalue weighted by atomic mass is 10.1. The lowest BCUT2D eigenvalue weighted by molar-refractivity contribution is 0.0996. The van der Waals surface area contributed by atoms with Crippen LogP contribution in [-0.4, -0.2) is 54.7 Å². The molecule has 0 spiro atoms. The third-order valence-corrected chi connectivity index (χ3v) is 5.62. The molecule has 2 aliphatic heterocycles. The molecule has 1 unspecified atom stereocenters. The van der Waals surface area contributed by atoms with Gasteiger partial charge in [0.2, 0.25) is 0 Å². The van der Waals surface area contributed by atoms with Gasteiger partial charge in [0.15, 0.2) is 5.82 Å². The number of hydrogen-bond acceptors (Lipinski definition) is 6. The summed E-state index contributed by atoms with van der Waals surface area (Å²) in [5.74, 6) is 1.09. The minimum Gasteiger partial charge on any atom is -0.352 e. The van der Waals surface area contributed by atoms with E-state index in [2.05, 4.69) is 20.2 Å². The van der Waals surface area contributed by atoms with E-state index in [0.717, 1.165) is 31.5 Å². The molecule has 0 aliphatic carbocycles. The van der Waals surface area contributed by atoms with Gasteiger partial charge in [-0.15, -0.1) is 0 Å². The van der Waals surface area contributed by atoms with E-state index < -0.39 is 6.17 Å². The number of carbonyl (C=O) groups excluding carboxylic acids is 1. The Morgan fingerprint density at radius 2 is 1.90 bits per heavy atom. The molecule has 1 fully saturated rings. The molecule has 9 nitrogen and oxygen atoms in total. The Bertz CT molecular complexity index is 1060. The molecule has 0 saturated carbocycles. The number of alkyl halides is 1. The molecular formula is C20H23FN8O. The van der Waals surface area contributed by atoms with Crippen LogP contribution in [0.2, 0.25) is 0 Å². The molecule has 1 saturated heterocycles. The van der Waals surface area contributed by atoms with Gasteiger partial charge in [0.25, 0.3) is 5.91 Å². The quantitative estimate of drug-likeness (QED) is 0.659. The van der Waals surface area contributed by atoms with Gasteiger partial charge in [0, 0.05) is 26.0 Å². The van der Waals surface area contributed by atoms with Crippen LogP contribution >= 0.6 is 0 Å². The van der Waals surface area contributed by atoms with Gasteiger partial charge in [-0.1, -0.05) is 12.8 Å². The van der Waals surface area contributed by atoms with E-state index in [1.165, 1.54) is 0 Å². The highest BCUT2D eigenvalue weighted by atomic mass is 19.1. The maximum atomic E-state index is 14.0. The van der Waals surface area contributed by atoms with Crippen molar-refractivity contribution >= 4 is 17.4 Å². The summed E-state index contributed by atoms with van der Waals surface area (Å²) >= 11 is 0. The van der Waals surface area contributed by atoms with E-state index in [-0.39, 0.29) is 5.91 Å². The second kappa shape index (κ2) is 7.51.